The molecule has 0 heterocycles. The molecule has 0 amide bonds. The van der Waals surface area contributed by atoms with E-state index in [1.54, 1.807) is 0 Å². The van der Waals surface area contributed by atoms with Gasteiger partial charge in [0.2, 0.25) is 0 Å². The van der Waals surface area contributed by atoms with Crippen LogP contribution in [0.15, 0.2) is 0 Å². The molecule has 4 fully saturated rings. The average Bonchev–Trinajstić information content (AvgIpc) is 3.13. The van der Waals surface area contributed by atoms with Gasteiger partial charge in [-0.2, -0.15) is 17.2 Å². The second kappa shape index (κ2) is 9.72. The van der Waals surface area contributed by atoms with Crippen molar-refractivity contribution in [1.82, 2.24) is 0 Å². The highest BCUT2D eigenvalue weighted by Crippen LogP contribution is 2.68. The number of aliphatic hydroxyl groups is 2. The number of rotatable bonds is 7. The second-order valence-corrected chi connectivity index (χ2v) is 14.3. The van der Waals surface area contributed by atoms with Gasteiger partial charge in [-0.25, -0.2) is 0 Å². The summed E-state index contributed by atoms with van der Waals surface area (Å²) in [7, 11) is -5.64. The van der Waals surface area contributed by atoms with Crippen LogP contribution < -0.4 is 0 Å². The smallest absolute Gasteiger partial charge is 0.402 e. The Balaban J connectivity index is 1.38. The summed E-state index contributed by atoms with van der Waals surface area (Å²) in [6, 6.07) is 0. The van der Waals surface area contributed by atoms with E-state index in [0.29, 0.717) is 30.1 Å². The van der Waals surface area contributed by atoms with Crippen molar-refractivity contribution in [3.8, 4) is 0 Å². The molecule has 4 saturated carbocycles. The number of ether oxygens (including phenoxy) is 1. The van der Waals surface area contributed by atoms with E-state index in [1.165, 1.54) is 0 Å². The Morgan fingerprint density at radius 2 is 1.69 bits per heavy atom. The first-order valence-corrected chi connectivity index (χ1v) is 14.9. The Morgan fingerprint density at radius 3 is 2.36 bits per heavy atom. The molecular formula is C26H42F2O7S. The standard InChI is InChI=1S/C26H42F2O7S/c1-15(4-7-22(31)35-14-26(27,28)36(32,33)34)18-5-6-19-23-20(9-11-25(18,19)3)24(2)10-8-17(29)12-16(24)13-21(23)30/h15-21,23,29-30H,4-14H2,1-3H3,(H,32,33,34)/t15-,16?,17-,18-,19+,20+,21-,23+,24+,25-/m1/s1. The fourth-order valence-corrected chi connectivity index (χ4v) is 9.24. The van der Waals surface area contributed by atoms with Crippen LogP contribution >= 0.6 is 0 Å². The monoisotopic (exact) mass is 536 g/mol. The summed E-state index contributed by atoms with van der Waals surface area (Å²) in [6.07, 6.45) is 7.21. The minimum Gasteiger partial charge on any atom is -0.458 e. The van der Waals surface area contributed by atoms with Crippen LogP contribution in [0, 0.1) is 46.3 Å². The summed E-state index contributed by atoms with van der Waals surface area (Å²) in [6.45, 7) is 5.07. The third-order valence-corrected chi connectivity index (χ3v) is 11.9. The highest BCUT2D eigenvalue weighted by atomic mass is 32.2. The normalized spacial score (nSPS) is 43.7. The maximum Gasteiger partial charge on any atom is 0.402 e. The topological polar surface area (TPSA) is 121 Å². The van der Waals surface area contributed by atoms with E-state index >= 15 is 0 Å². The predicted molar refractivity (Wildman–Crippen MR) is 128 cm³/mol. The van der Waals surface area contributed by atoms with Gasteiger partial charge in [-0.1, -0.05) is 20.8 Å². The van der Waals surface area contributed by atoms with E-state index in [1.807, 2.05) is 0 Å². The van der Waals surface area contributed by atoms with Crippen LogP contribution in [0.4, 0.5) is 8.78 Å². The Hall–Kier alpha value is -0.840. The van der Waals surface area contributed by atoms with Crippen molar-refractivity contribution in [1.29, 1.82) is 0 Å². The molecule has 0 aromatic heterocycles. The molecule has 0 saturated heterocycles. The summed E-state index contributed by atoms with van der Waals surface area (Å²) in [5.41, 5.74) is 0.183. The van der Waals surface area contributed by atoms with E-state index in [9.17, 15) is 32.2 Å². The molecule has 7 nitrogen and oxygen atoms in total. The predicted octanol–water partition coefficient (Wildman–Crippen LogP) is 4.42. The highest BCUT2D eigenvalue weighted by Gasteiger charge is 2.62. The molecule has 10 heteroatoms. The van der Waals surface area contributed by atoms with Crippen molar-refractivity contribution in [2.75, 3.05) is 6.61 Å². The van der Waals surface area contributed by atoms with Crippen molar-refractivity contribution in [3.05, 3.63) is 0 Å². The third-order valence-electron chi connectivity index (χ3n) is 11.0. The van der Waals surface area contributed by atoms with E-state index in [-0.39, 0.29) is 41.3 Å². The van der Waals surface area contributed by atoms with Crippen LogP contribution in [-0.2, 0) is 19.6 Å². The number of hydrogen-bond donors (Lipinski definition) is 3. The van der Waals surface area contributed by atoms with Gasteiger partial charge in [-0.3, -0.25) is 9.35 Å². The van der Waals surface area contributed by atoms with Crippen molar-refractivity contribution < 1.29 is 41.5 Å². The Morgan fingerprint density at radius 1 is 1.06 bits per heavy atom. The lowest BCUT2D eigenvalue weighted by molar-refractivity contribution is -0.174. The number of alkyl halides is 2. The summed E-state index contributed by atoms with van der Waals surface area (Å²) < 4.78 is 61.1. The fraction of sp³-hybridized carbons (Fsp3) is 0.962. The highest BCUT2D eigenvalue weighted by molar-refractivity contribution is 7.86. The van der Waals surface area contributed by atoms with Crippen molar-refractivity contribution in [3.63, 3.8) is 0 Å². The second-order valence-electron chi connectivity index (χ2n) is 12.7. The SMILES string of the molecule is C[C@H](CCC(=O)OCC(F)(F)S(=O)(=O)O)[C@H]1CC[C@H]2[C@@H]3[C@H](O)CC4C[C@H](O)CC[C@]4(C)[C@H]3CC[C@]12C. The summed E-state index contributed by atoms with van der Waals surface area (Å²) in [5, 5.41) is 17.0. The maximum absolute atomic E-state index is 13.3. The van der Waals surface area contributed by atoms with Gasteiger partial charge in [0.15, 0.2) is 6.61 Å². The molecule has 10 atom stereocenters. The van der Waals surface area contributed by atoms with Crippen LogP contribution in [-0.4, -0.2) is 53.2 Å². The lowest BCUT2D eigenvalue weighted by Gasteiger charge is -2.62. The van der Waals surface area contributed by atoms with E-state index in [2.05, 4.69) is 25.5 Å². The number of carbonyl (C=O) groups excluding carboxylic acids is 1. The van der Waals surface area contributed by atoms with Gasteiger partial charge in [0.05, 0.1) is 12.2 Å². The molecule has 4 aliphatic carbocycles. The van der Waals surface area contributed by atoms with Gasteiger partial charge in [-0.15, -0.1) is 0 Å². The van der Waals surface area contributed by atoms with Gasteiger partial charge in [-0.05, 0) is 104 Å². The van der Waals surface area contributed by atoms with Crippen molar-refractivity contribution >= 4 is 16.1 Å². The van der Waals surface area contributed by atoms with Crippen molar-refractivity contribution in [2.45, 2.75) is 102 Å². The fourth-order valence-electron chi connectivity index (χ4n) is 9.03. The zero-order valence-electron chi connectivity index (χ0n) is 21.5. The number of carbonyl (C=O) groups is 1. The first kappa shape index (κ1) is 28.2. The minimum atomic E-state index is -5.64. The maximum atomic E-state index is 13.3. The molecule has 0 bridgehead atoms. The molecule has 0 radical (unpaired) electrons. The number of fused-ring (bicyclic) bond motifs is 5. The quantitative estimate of drug-likeness (QED) is 0.325. The molecule has 36 heavy (non-hydrogen) atoms. The first-order chi connectivity index (χ1) is 16.6. The Bertz CT molecular complexity index is 943. The van der Waals surface area contributed by atoms with Gasteiger partial charge < -0.3 is 14.9 Å². The minimum absolute atomic E-state index is 0.0286. The third kappa shape index (κ3) is 4.84. The number of esters is 1. The largest absolute Gasteiger partial charge is 0.458 e. The molecule has 4 rings (SSSR count). The lowest BCUT2D eigenvalue weighted by Crippen LogP contribution is -2.58. The molecule has 4 aliphatic rings. The molecule has 208 valence electrons. The summed E-state index contributed by atoms with van der Waals surface area (Å²) in [4.78, 5) is 12.0. The summed E-state index contributed by atoms with van der Waals surface area (Å²) >= 11 is 0. The van der Waals surface area contributed by atoms with Crippen LogP contribution in [0.5, 0.6) is 0 Å². The first-order valence-electron chi connectivity index (χ1n) is 13.5. The van der Waals surface area contributed by atoms with E-state index < -0.39 is 27.9 Å². The van der Waals surface area contributed by atoms with Crippen LogP contribution in [0.2, 0.25) is 0 Å². The molecule has 3 N–H and O–H groups in total. The van der Waals surface area contributed by atoms with Crippen LogP contribution in [0.3, 0.4) is 0 Å². The van der Waals surface area contributed by atoms with Gasteiger partial charge in [0.1, 0.15) is 0 Å². The Labute approximate surface area is 213 Å². The number of halogens is 2. The summed E-state index contributed by atoms with van der Waals surface area (Å²) in [5.74, 6) is 1.01. The lowest BCUT2D eigenvalue weighted by atomic mass is 9.43. The van der Waals surface area contributed by atoms with Gasteiger partial charge >= 0.3 is 21.3 Å². The van der Waals surface area contributed by atoms with Gasteiger partial charge in [0, 0.05) is 6.42 Å². The van der Waals surface area contributed by atoms with Crippen molar-refractivity contribution in [2.24, 2.45) is 46.3 Å². The number of aliphatic hydroxyl groups excluding tert-OH is 2. The zero-order chi connectivity index (χ0) is 26.7. The average molecular weight is 537 g/mol. The molecule has 0 spiro atoms. The van der Waals surface area contributed by atoms with E-state index in [0.717, 1.165) is 51.4 Å². The van der Waals surface area contributed by atoms with Gasteiger partial charge in [0.25, 0.3) is 0 Å². The number of hydrogen-bond acceptors (Lipinski definition) is 6. The molecule has 0 aromatic carbocycles. The zero-order valence-corrected chi connectivity index (χ0v) is 22.4. The van der Waals surface area contributed by atoms with Crippen LogP contribution in [0.1, 0.15) is 85.0 Å². The molecular weight excluding hydrogens is 494 g/mol. The Kier molecular flexibility index (Phi) is 7.61. The molecule has 0 aliphatic heterocycles. The molecule has 0 aromatic rings. The van der Waals surface area contributed by atoms with E-state index in [4.69, 9.17) is 4.55 Å². The molecule has 1 unspecified atom stereocenters. The van der Waals surface area contributed by atoms with Crippen LogP contribution in [0.25, 0.3) is 0 Å².